The predicted octanol–water partition coefficient (Wildman–Crippen LogP) is 0.699. The van der Waals surface area contributed by atoms with Crippen LogP contribution >= 0.6 is 0 Å². The summed E-state index contributed by atoms with van der Waals surface area (Å²) in [6.07, 6.45) is 2.08. The normalized spacial score (nSPS) is 34.9. The van der Waals surface area contributed by atoms with Crippen LogP contribution in [-0.4, -0.2) is 51.6 Å². The van der Waals surface area contributed by atoms with Gasteiger partial charge < -0.3 is 18.9 Å². The second kappa shape index (κ2) is 4.95. The molecule has 0 radical (unpaired) electrons. The summed E-state index contributed by atoms with van der Waals surface area (Å²) in [6.45, 7) is 1.88. The van der Waals surface area contributed by atoms with Crippen molar-refractivity contribution < 1.29 is 28.5 Å². The molecule has 6 nitrogen and oxygen atoms in total. The number of carbonyl (C=O) groups excluding carboxylic acids is 2. The topological polar surface area (TPSA) is 71.1 Å². The van der Waals surface area contributed by atoms with Gasteiger partial charge in [0.2, 0.25) is 11.6 Å². The maximum absolute atomic E-state index is 12.9. The van der Waals surface area contributed by atoms with Crippen LogP contribution in [0.5, 0.6) is 0 Å². The lowest BCUT2D eigenvalue weighted by Gasteiger charge is -2.54. The fourth-order valence-electron chi connectivity index (χ4n) is 3.51. The molecule has 0 aromatic heterocycles. The number of esters is 1. The zero-order valence-corrected chi connectivity index (χ0v) is 12.4. The summed E-state index contributed by atoms with van der Waals surface area (Å²) < 4.78 is 21.0. The van der Waals surface area contributed by atoms with Crippen molar-refractivity contribution in [3.8, 4) is 0 Å². The van der Waals surface area contributed by atoms with Crippen LogP contribution in [0.25, 0.3) is 0 Å². The van der Waals surface area contributed by atoms with Crippen molar-refractivity contribution in [3.05, 3.63) is 11.6 Å². The van der Waals surface area contributed by atoms with Crippen LogP contribution in [0.4, 0.5) is 0 Å². The summed E-state index contributed by atoms with van der Waals surface area (Å²) in [4.78, 5) is 24.9. The molecule has 112 valence electrons. The van der Waals surface area contributed by atoms with E-state index in [-0.39, 0.29) is 5.92 Å². The maximum Gasteiger partial charge on any atom is 0.312 e. The molecule has 0 amide bonds. The molecule has 0 aromatic rings. The number of ether oxygens (including phenoxy) is 4. The third kappa shape index (κ3) is 1.62. The van der Waals surface area contributed by atoms with Crippen LogP contribution in [0.1, 0.15) is 13.3 Å². The van der Waals surface area contributed by atoms with Crippen LogP contribution in [0.2, 0.25) is 0 Å². The highest BCUT2D eigenvalue weighted by Gasteiger charge is 2.68. The Morgan fingerprint density at radius 3 is 2.25 bits per heavy atom. The van der Waals surface area contributed by atoms with Crippen molar-refractivity contribution >= 4 is 11.8 Å². The Kier molecular flexibility index (Phi) is 3.75. The van der Waals surface area contributed by atoms with Crippen molar-refractivity contribution in [2.45, 2.75) is 24.7 Å². The lowest BCUT2D eigenvalue weighted by molar-refractivity contribution is -0.259. The number of methoxy groups -OCH3 is 4. The van der Waals surface area contributed by atoms with E-state index in [9.17, 15) is 9.59 Å². The second-order valence-corrected chi connectivity index (χ2v) is 5.15. The van der Waals surface area contributed by atoms with Gasteiger partial charge in [-0.2, -0.15) is 0 Å². The van der Waals surface area contributed by atoms with E-state index in [1.165, 1.54) is 28.4 Å². The van der Waals surface area contributed by atoms with Crippen LogP contribution in [0.3, 0.4) is 0 Å². The minimum atomic E-state index is -1.40. The lowest BCUT2D eigenvalue weighted by Crippen LogP contribution is -2.70. The Balaban J connectivity index is 2.60. The first-order valence-electron chi connectivity index (χ1n) is 6.41. The van der Waals surface area contributed by atoms with E-state index in [0.29, 0.717) is 6.42 Å². The van der Waals surface area contributed by atoms with Crippen molar-refractivity contribution in [3.63, 3.8) is 0 Å². The van der Waals surface area contributed by atoms with Gasteiger partial charge in [0.15, 0.2) is 5.60 Å². The molecule has 3 aliphatic carbocycles. The highest BCUT2D eigenvalue weighted by molar-refractivity contribution is 6.02. The zero-order chi connectivity index (χ0) is 15.1. The predicted molar refractivity (Wildman–Crippen MR) is 68.9 cm³/mol. The average Bonchev–Trinajstić information content (AvgIpc) is 2.48. The largest absolute Gasteiger partial charge is 0.469 e. The van der Waals surface area contributed by atoms with E-state index in [2.05, 4.69) is 0 Å². The first-order chi connectivity index (χ1) is 9.43. The number of ketones is 1. The Morgan fingerprint density at radius 1 is 1.20 bits per heavy atom. The first kappa shape index (κ1) is 15.2. The van der Waals surface area contributed by atoms with E-state index in [4.69, 9.17) is 18.9 Å². The van der Waals surface area contributed by atoms with Crippen molar-refractivity contribution in [2.75, 3.05) is 28.4 Å². The molecule has 3 rings (SSSR count). The minimum absolute atomic E-state index is 0.328. The third-order valence-corrected chi connectivity index (χ3v) is 4.54. The summed E-state index contributed by atoms with van der Waals surface area (Å²) in [6, 6.07) is 0. The third-order valence-electron chi connectivity index (χ3n) is 4.54. The van der Waals surface area contributed by atoms with Crippen LogP contribution in [-0.2, 0) is 28.5 Å². The number of carbonyl (C=O) groups is 2. The standard InChI is InChI=1S/C14H20O6/c1-8-7-13(18-3)10(11(15)17-2)6-9(8)14(19-4,20-5)12(13)16/h7,9-10H,6H2,1-5H3/t9-,10+,13+/m0/s1. The lowest BCUT2D eigenvalue weighted by atomic mass is 9.59. The number of hydrogen-bond donors (Lipinski definition) is 0. The summed E-state index contributed by atoms with van der Waals surface area (Å²) in [7, 11) is 5.55. The molecule has 1 fully saturated rings. The Bertz CT molecular complexity index is 464. The summed E-state index contributed by atoms with van der Waals surface area (Å²) in [5.74, 6) is -3.27. The molecular weight excluding hydrogens is 264 g/mol. The Morgan fingerprint density at radius 2 is 1.80 bits per heavy atom. The molecule has 0 N–H and O–H groups in total. The smallest absolute Gasteiger partial charge is 0.312 e. The van der Waals surface area contributed by atoms with Crippen LogP contribution < -0.4 is 0 Å². The van der Waals surface area contributed by atoms with Crippen molar-refractivity contribution in [1.29, 1.82) is 0 Å². The fourth-order valence-corrected chi connectivity index (χ4v) is 3.51. The maximum atomic E-state index is 12.9. The zero-order valence-electron chi connectivity index (χ0n) is 12.4. The van der Waals surface area contributed by atoms with Crippen molar-refractivity contribution in [1.82, 2.24) is 0 Å². The van der Waals surface area contributed by atoms with Gasteiger partial charge in [-0.05, 0) is 19.4 Å². The molecule has 3 atom stereocenters. The number of fused-ring (bicyclic) bond motifs is 2. The van der Waals surface area contributed by atoms with Gasteiger partial charge in [0.05, 0.1) is 13.0 Å². The van der Waals surface area contributed by atoms with Gasteiger partial charge >= 0.3 is 5.97 Å². The van der Waals surface area contributed by atoms with E-state index >= 15 is 0 Å². The number of Topliss-reactive ketones (excluding diaryl/α,β-unsaturated/α-hetero) is 1. The SMILES string of the molecule is COC(=O)[C@H]1C[C@H]2C(C)=C[C@]1(OC)C(=O)C2(OC)OC. The van der Waals surface area contributed by atoms with Gasteiger partial charge in [-0.1, -0.05) is 5.57 Å². The monoisotopic (exact) mass is 284 g/mol. The van der Waals surface area contributed by atoms with E-state index in [0.717, 1.165) is 5.57 Å². The quantitative estimate of drug-likeness (QED) is 0.430. The highest BCUT2D eigenvalue weighted by atomic mass is 16.7. The van der Waals surface area contributed by atoms with Crippen molar-refractivity contribution in [2.24, 2.45) is 11.8 Å². The molecular formula is C14H20O6. The molecule has 6 heteroatoms. The molecule has 3 aliphatic rings. The molecule has 0 aliphatic heterocycles. The molecule has 0 aromatic carbocycles. The number of rotatable bonds is 4. The highest BCUT2D eigenvalue weighted by Crippen LogP contribution is 2.53. The molecule has 2 bridgehead atoms. The van der Waals surface area contributed by atoms with E-state index in [1.807, 2.05) is 6.92 Å². The minimum Gasteiger partial charge on any atom is -0.469 e. The number of hydrogen-bond acceptors (Lipinski definition) is 6. The fraction of sp³-hybridized carbons (Fsp3) is 0.714. The Hall–Kier alpha value is -1.24. The average molecular weight is 284 g/mol. The molecule has 20 heavy (non-hydrogen) atoms. The molecule has 0 saturated heterocycles. The first-order valence-corrected chi connectivity index (χ1v) is 6.41. The van der Waals surface area contributed by atoms with Gasteiger partial charge in [-0.25, -0.2) is 0 Å². The Labute approximate surface area is 118 Å². The van der Waals surface area contributed by atoms with E-state index in [1.54, 1.807) is 6.08 Å². The van der Waals surface area contributed by atoms with Gasteiger partial charge in [-0.15, -0.1) is 0 Å². The van der Waals surface area contributed by atoms with Crippen LogP contribution in [0, 0.1) is 11.8 Å². The van der Waals surface area contributed by atoms with Gasteiger partial charge in [0, 0.05) is 27.2 Å². The summed E-state index contributed by atoms with van der Waals surface area (Å²) in [5.41, 5.74) is -0.479. The van der Waals surface area contributed by atoms with Crippen LogP contribution in [0.15, 0.2) is 11.6 Å². The molecule has 0 heterocycles. The molecule has 1 saturated carbocycles. The summed E-state index contributed by atoms with van der Waals surface area (Å²) in [5, 5.41) is 0. The molecule has 0 unspecified atom stereocenters. The van der Waals surface area contributed by atoms with Gasteiger partial charge in [0.1, 0.15) is 0 Å². The second-order valence-electron chi connectivity index (χ2n) is 5.15. The van der Waals surface area contributed by atoms with Gasteiger partial charge in [-0.3, -0.25) is 9.59 Å². The van der Waals surface area contributed by atoms with Gasteiger partial charge in [0.25, 0.3) is 0 Å². The summed E-state index contributed by atoms with van der Waals surface area (Å²) >= 11 is 0. The van der Waals surface area contributed by atoms with E-state index < -0.39 is 29.1 Å². The molecule has 0 spiro atoms.